The molecule has 66 heavy (non-hydrogen) atoms. The van der Waals surface area contributed by atoms with E-state index in [1.807, 2.05) is 0 Å². The summed E-state index contributed by atoms with van der Waals surface area (Å²) >= 11 is 0. The van der Waals surface area contributed by atoms with E-state index in [0.717, 1.165) is 33.5 Å². The highest BCUT2D eigenvalue weighted by atomic mass is 14.9. The van der Waals surface area contributed by atoms with Crippen molar-refractivity contribution in [3.05, 3.63) is 264 Å². The fourth-order valence-electron chi connectivity index (χ4n) is 11.7. The highest BCUT2D eigenvalue weighted by Gasteiger charge is 2.48. The van der Waals surface area contributed by atoms with Crippen LogP contribution in [0.25, 0.3) is 88.8 Å². The second-order valence-electron chi connectivity index (χ2n) is 18.4. The Morgan fingerprint density at radius 1 is 0.333 bits per heavy atom. The summed E-state index contributed by atoms with van der Waals surface area (Å²) in [6.07, 6.45) is 0. The maximum Gasteiger partial charge on any atom is 0.161 e. The van der Waals surface area contributed by atoms with Gasteiger partial charge in [0.05, 0.1) is 16.8 Å². The molecular formula is C64H44N2. The molecule has 0 aliphatic heterocycles. The SMILES string of the molecule is CC1(C)c2cccc(-c3ccc(-c4nc(-c5ccccc5)cc(-c5cccc6c5C(c5ccccc5)(c5ccccc5)c5ccccc5-6)n4)c4ccccc34)c2-c2c1ccc1ccccc21. The molecule has 0 amide bonds. The molecule has 0 radical (unpaired) electrons. The Hall–Kier alpha value is -8.20. The molecule has 0 saturated heterocycles. The molecule has 11 aromatic rings. The van der Waals surface area contributed by atoms with Gasteiger partial charge < -0.3 is 0 Å². The topological polar surface area (TPSA) is 25.8 Å². The molecule has 0 fully saturated rings. The summed E-state index contributed by atoms with van der Waals surface area (Å²) < 4.78 is 0. The maximum absolute atomic E-state index is 5.67. The van der Waals surface area contributed by atoms with Gasteiger partial charge in [-0.3, -0.25) is 0 Å². The van der Waals surface area contributed by atoms with Crippen LogP contribution in [-0.2, 0) is 10.8 Å². The first-order valence-electron chi connectivity index (χ1n) is 23.0. The lowest BCUT2D eigenvalue weighted by molar-refractivity contribution is 0.661. The number of hydrogen-bond acceptors (Lipinski definition) is 2. The number of benzene rings is 10. The third-order valence-electron chi connectivity index (χ3n) is 14.6. The Labute approximate surface area is 385 Å². The smallest absolute Gasteiger partial charge is 0.161 e. The first kappa shape index (κ1) is 38.3. The molecule has 0 bridgehead atoms. The van der Waals surface area contributed by atoms with Gasteiger partial charge in [0, 0.05) is 22.1 Å². The number of fused-ring (bicyclic) bond motifs is 9. The largest absolute Gasteiger partial charge is 0.228 e. The Bertz CT molecular complexity index is 3680. The van der Waals surface area contributed by atoms with Crippen molar-refractivity contribution in [3.8, 4) is 67.3 Å². The fraction of sp³-hybridized carbons (Fsp3) is 0.0625. The molecule has 0 atom stereocenters. The van der Waals surface area contributed by atoms with Crippen LogP contribution in [0.1, 0.15) is 47.2 Å². The van der Waals surface area contributed by atoms with Crippen LogP contribution in [0.5, 0.6) is 0 Å². The van der Waals surface area contributed by atoms with Crippen molar-refractivity contribution in [2.75, 3.05) is 0 Å². The summed E-state index contributed by atoms with van der Waals surface area (Å²) in [6.45, 7) is 4.74. The average Bonchev–Trinajstić information content (AvgIpc) is 3.83. The molecule has 310 valence electrons. The summed E-state index contributed by atoms with van der Waals surface area (Å²) in [5, 5.41) is 4.85. The zero-order valence-corrected chi connectivity index (χ0v) is 36.8. The predicted molar refractivity (Wildman–Crippen MR) is 274 cm³/mol. The van der Waals surface area contributed by atoms with Crippen molar-refractivity contribution in [1.82, 2.24) is 9.97 Å². The first-order chi connectivity index (χ1) is 32.5. The van der Waals surface area contributed by atoms with Gasteiger partial charge in [-0.2, -0.15) is 0 Å². The van der Waals surface area contributed by atoms with E-state index in [9.17, 15) is 0 Å². The standard InChI is InChI=1S/C64H44N2/c1-63(2)55-35-19-31-50(60(55)59-45-27-13-12-20-41(45)36-39-56(59)63)48-37-38-52(47-29-15-14-28-46(47)48)62-65-57(42-21-6-3-7-22-42)40-58(66-62)53-33-18-32-51-49-30-16-17-34-54(49)64(61(51)53,43-23-8-4-9-24-43)44-25-10-5-11-26-44/h3-40H,1-2H3. The minimum absolute atomic E-state index is 0.139. The molecule has 2 heteroatoms. The highest BCUT2D eigenvalue weighted by molar-refractivity contribution is 6.11. The fourth-order valence-corrected chi connectivity index (χ4v) is 11.7. The van der Waals surface area contributed by atoms with Crippen molar-refractivity contribution < 1.29 is 0 Å². The third-order valence-corrected chi connectivity index (χ3v) is 14.6. The van der Waals surface area contributed by atoms with Gasteiger partial charge in [-0.15, -0.1) is 0 Å². The van der Waals surface area contributed by atoms with Crippen molar-refractivity contribution >= 4 is 21.5 Å². The number of rotatable bonds is 6. The lowest BCUT2D eigenvalue weighted by Crippen LogP contribution is -2.29. The monoisotopic (exact) mass is 840 g/mol. The van der Waals surface area contributed by atoms with Crippen LogP contribution in [0, 0.1) is 0 Å². The van der Waals surface area contributed by atoms with Crippen molar-refractivity contribution in [2.24, 2.45) is 0 Å². The van der Waals surface area contributed by atoms with Crippen LogP contribution in [0.4, 0.5) is 0 Å². The van der Waals surface area contributed by atoms with Crippen LogP contribution in [0.3, 0.4) is 0 Å². The summed E-state index contributed by atoms with van der Waals surface area (Å²) in [7, 11) is 0. The molecule has 2 aliphatic rings. The number of aromatic nitrogens is 2. The quantitative estimate of drug-likeness (QED) is 0.167. The Kier molecular flexibility index (Phi) is 8.51. The Morgan fingerprint density at radius 2 is 0.864 bits per heavy atom. The molecule has 10 aromatic carbocycles. The van der Waals surface area contributed by atoms with E-state index in [4.69, 9.17) is 9.97 Å². The van der Waals surface area contributed by atoms with Gasteiger partial charge in [0.15, 0.2) is 5.82 Å². The van der Waals surface area contributed by atoms with Gasteiger partial charge in [-0.25, -0.2) is 9.97 Å². The lowest BCUT2D eigenvalue weighted by atomic mass is 9.66. The zero-order chi connectivity index (χ0) is 44.0. The zero-order valence-electron chi connectivity index (χ0n) is 36.8. The molecular weight excluding hydrogens is 797 g/mol. The molecule has 0 unspecified atom stereocenters. The molecule has 0 N–H and O–H groups in total. The van der Waals surface area contributed by atoms with E-state index < -0.39 is 5.41 Å². The van der Waals surface area contributed by atoms with E-state index in [1.165, 1.54) is 82.9 Å². The van der Waals surface area contributed by atoms with Crippen LogP contribution >= 0.6 is 0 Å². The van der Waals surface area contributed by atoms with Crippen LogP contribution < -0.4 is 0 Å². The maximum atomic E-state index is 5.67. The first-order valence-corrected chi connectivity index (χ1v) is 23.0. The molecule has 13 rings (SSSR count). The van der Waals surface area contributed by atoms with Crippen LogP contribution in [0.2, 0.25) is 0 Å². The van der Waals surface area contributed by atoms with Gasteiger partial charge in [0.1, 0.15) is 0 Å². The normalized spacial score (nSPS) is 13.8. The van der Waals surface area contributed by atoms with Gasteiger partial charge in [0.2, 0.25) is 0 Å². The highest BCUT2D eigenvalue weighted by Crippen LogP contribution is 2.59. The second-order valence-corrected chi connectivity index (χ2v) is 18.4. The van der Waals surface area contributed by atoms with Crippen molar-refractivity contribution in [2.45, 2.75) is 24.7 Å². The van der Waals surface area contributed by atoms with Crippen LogP contribution in [-0.4, -0.2) is 9.97 Å². The van der Waals surface area contributed by atoms with Gasteiger partial charge >= 0.3 is 0 Å². The summed E-state index contributed by atoms with van der Waals surface area (Å²) in [4.78, 5) is 11.1. The molecule has 1 aromatic heterocycles. The minimum atomic E-state index is -0.591. The van der Waals surface area contributed by atoms with Crippen LogP contribution in [0.15, 0.2) is 231 Å². The molecule has 1 heterocycles. The summed E-state index contributed by atoms with van der Waals surface area (Å²) in [5.74, 6) is 0.697. The Morgan fingerprint density at radius 3 is 1.62 bits per heavy atom. The number of hydrogen-bond donors (Lipinski definition) is 0. The van der Waals surface area contributed by atoms with E-state index in [1.54, 1.807) is 0 Å². The summed E-state index contributed by atoms with van der Waals surface area (Å²) in [6, 6.07) is 84.3. The summed E-state index contributed by atoms with van der Waals surface area (Å²) in [5.41, 5.74) is 19.5. The average molecular weight is 841 g/mol. The molecule has 2 aliphatic carbocycles. The predicted octanol–water partition coefficient (Wildman–Crippen LogP) is 16.1. The Balaban J connectivity index is 1.06. The van der Waals surface area contributed by atoms with E-state index in [-0.39, 0.29) is 5.41 Å². The lowest BCUT2D eigenvalue weighted by Gasteiger charge is -2.35. The van der Waals surface area contributed by atoms with E-state index in [0.29, 0.717) is 5.82 Å². The van der Waals surface area contributed by atoms with Gasteiger partial charge in [-0.05, 0) is 100 Å². The third kappa shape index (κ3) is 5.48. The second kappa shape index (κ2) is 14.7. The number of nitrogens with zero attached hydrogens (tertiary/aromatic N) is 2. The van der Waals surface area contributed by atoms with E-state index >= 15 is 0 Å². The van der Waals surface area contributed by atoms with E-state index in [2.05, 4.69) is 244 Å². The van der Waals surface area contributed by atoms with Crippen molar-refractivity contribution in [3.63, 3.8) is 0 Å². The van der Waals surface area contributed by atoms with Gasteiger partial charge in [-0.1, -0.05) is 232 Å². The molecule has 0 spiro atoms. The van der Waals surface area contributed by atoms with Gasteiger partial charge in [0.25, 0.3) is 0 Å². The minimum Gasteiger partial charge on any atom is -0.228 e. The van der Waals surface area contributed by atoms with Crippen molar-refractivity contribution in [1.29, 1.82) is 0 Å². The molecule has 0 saturated carbocycles. The molecule has 2 nitrogen and oxygen atoms in total.